The van der Waals surface area contributed by atoms with Crippen LogP contribution in [0.2, 0.25) is 0 Å². The van der Waals surface area contributed by atoms with Crippen LogP contribution in [-0.2, 0) is 0 Å². The van der Waals surface area contributed by atoms with E-state index in [9.17, 15) is 14.9 Å². The van der Waals surface area contributed by atoms with Gasteiger partial charge in [0.1, 0.15) is 0 Å². The zero-order valence-electron chi connectivity index (χ0n) is 16.8. The van der Waals surface area contributed by atoms with Crippen LogP contribution in [0.1, 0.15) is 33.6 Å². The predicted molar refractivity (Wildman–Crippen MR) is 121 cm³/mol. The summed E-state index contributed by atoms with van der Waals surface area (Å²) in [6, 6.07) is 16.3. The smallest absolute Gasteiger partial charge is 0.311 e. The van der Waals surface area contributed by atoms with E-state index in [0.717, 1.165) is 21.3 Å². The third-order valence-corrected chi connectivity index (χ3v) is 6.05. The van der Waals surface area contributed by atoms with Crippen molar-refractivity contribution in [3.8, 4) is 5.75 Å². The average molecular weight is 436 g/mol. The lowest BCUT2D eigenvalue weighted by atomic mass is 9.96. The summed E-state index contributed by atoms with van der Waals surface area (Å²) in [4.78, 5) is 28.1. The molecule has 0 spiro atoms. The van der Waals surface area contributed by atoms with Crippen molar-refractivity contribution < 1.29 is 14.5 Å². The van der Waals surface area contributed by atoms with Crippen LogP contribution in [0.4, 0.5) is 5.69 Å². The van der Waals surface area contributed by atoms with Crippen molar-refractivity contribution in [2.45, 2.75) is 12.8 Å². The van der Waals surface area contributed by atoms with Crippen molar-refractivity contribution >= 4 is 33.8 Å². The van der Waals surface area contributed by atoms with Gasteiger partial charge in [-0.25, -0.2) is 0 Å². The minimum Gasteiger partial charge on any atom is -0.487 e. The molecular formula is C23H21N3O4S. The highest BCUT2D eigenvalue weighted by Gasteiger charge is 2.22. The molecule has 2 heterocycles. The van der Waals surface area contributed by atoms with Crippen molar-refractivity contribution in [1.82, 2.24) is 10.3 Å². The number of nitro groups is 1. The summed E-state index contributed by atoms with van der Waals surface area (Å²) in [5.74, 6) is -0.260. The van der Waals surface area contributed by atoms with Crippen molar-refractivity contribution in [3.63, 3.8) is 0 Å². The number of rotatable bonds is 8. The number of nitro benzene ring substituents is 1. The number of aromatic nitrogens is 1. The lowest BCUT2D eigenvalue weighted by Gasteiger charge is -2.16. The number of hydrogen-bond acceptors (Lipinski definition) is 5. The highest BCUT2D eigenvalue weighted by atomic mass is 32.1. The van der Waals surface area contributed by atoms with E-state index in [4.69, 9.17) is 4.74 Å². The van der Waals surface area contributed by atoms with Gasteiger partial charge < -0.3 is 15.0 Å². The molecule has 1 amide bonds. The third-order valence-electron chi connectivity index (χ3n) is 5.07. The molecule has 4 rings (SSSR count). The van der Waals surface area contributed by atoms with Crippen LogP contribution in [0.25, 0.3) is 10.9 Å². The Labute approximate surface area is 182 Å². The van der Waals surface area contributed by atoms with E-state index in [0.29, 0.717) is 13.2 Å². The normalized spacial score (nSPS) is 11.9. The quantitative estimate of drug-likeness (QED) is 0.297. The minimum atomic E-state index is -0.540. The second-order valence-electron chi connectivity index (χ2n) is 6.94. The maximum absolute atomic E-state index is 12.8. The summed E-state index contributed by atoms with van der Waals surface area (Å²) >= 11 is 1.63. The molecule has 0 saturated heterocycles. The van der Waals surface area contributed by atoms with Gasteiger partial charge >= 0.3 is 5.69 Å². The van der Waals surface area contributed by atoms with E-state index in [1.165, 1.54) is 12.1 Å². The molecular weight excluding hydrogens is 414 g/mol. The molecule has 1 unspecified atom stereocenters. The van der Waals surface area contributed by atoms with Gasteiger partial charge in [0.2, 0.25) is 0 Å². The zero-order chi connectivity index (χ0) is 21.8. The molecule has 0 saturated carbocycles. The Bertz CT molecular complexity index is 1220. The maximum Gasteiger partial charge on any atom is 0.311 e. The lowest BCUT2D eigenvalue weighted by Crippen LogP contribution is -2.28. The second kappa shape index (κ2) is 9.01. The number of thiophene rings is 1. The van der Waals surface area contributed by atoms with E-state index < -0.39 is 4.92 Å². The van der Waals surface area contributed by atoms with E-state index in [1.807, 2.05) is 41.9 Å². The number of para-hydroxylation sites is 1. The van der Waals surface area contributed by atoms with Gasteiger partial charge in [0.15, 0.2) is 5.75 Å². The number of aromatic amines is 1. The average Bonchev–Trinajstić information content (AvgIpc) is 3.45. The molecule has 0 aliphatic rings. The van der Waals surface area contributed by atoms with Gasteiger partial charge in [0.05, 0.1) is 11.5 Å². The first kappa shape index (κ1) is 20.6. The number of hydrogen-bond donors (Lipinski definition) is 2. The molecule has 0 aliphatic heterocycles. The van der Waals surface area contributed by atoms with Gasteiger partial charge in [-0.1, -0.05) is 24.3 Å². The summed E-state index contributed by atoms with van der Waals surface area (Å²) in [5.41, 5.74) is 2.13. The van der Waals surface area contributed by atoms with Gasteiger partial charge in [-0.05, 0) is 42.1 Å². The summed E-state index contributed by atoms with van der Waals surface area (Å²) < 4.78 is 5.29. The Morgan fingerprint density at radius 1 is 1.23 bits per heavy atom. The van der Waals surface area contributed by atoms with Gasteiger partial charge in [0, 0.05) is 46.1 Å². The molecule has 2 aromatic heterocycles. The van der Waals surface area contributed by atoms with E-state index in [1.54, 1.807) is 24.3 Å². The van der Waals surface area contributed by atoms with Crippen molar-refractivity contribution in [2.75, 3.05) is 13.2 Å². The fraction of sp³-hybridized carbons (Fsp3) is 0.174. The van der Waals surface area contributed by atoms with Gasteiger partial charge in [-0.3, -0.25) is 14.9 Å². The van der Waals surface area contributed by atoms with E-state index in [-0.39, 0.29) is 28.8 Å². The summed E-state index contributed by atoms with van der Waals surface area (Å²) in [5, 5.41) is 17.4. The number of H-pyrrole nitrogens is 1. The molecule has 2 N–H and O–H groups in total. The summed E-state index contributed by atoms with van der Waals surface area (Å²) in [7, 11) is 0. The molecule has 158 valence electrons. The van der Waals surface area contributed by atoms with Crippen LogP contribution >= 0.6 is 11.3 Å². The highest BCUT2D eigenvalue weighted by Crippen LogP contribution is 2.33. The largest absolute Gasteiger partial charge is 0.487 e. The van der Waals surface area contributed by atoms with Gasteiger partial charge in [-0.2, -0.15) is 0 Å². The van der Waals surface area contributed by atoms with Crippen molar-refractivity contribution in [3.05, 3.63) is 92.3 Å². The molecule has 1 atom stereocenters. The fourth-order valence-electron chi connectivity index (χ4n) is 3.61. The van der Waals surface area contributed by atoms with Crippen LogP contribution in [0.5, 0.6) is 5.75 Å². The number of ether oxygens (including phenoxy) is 1. The number of carbonyl (C=O) groups is 1. The van der Waals surface area contributed by atoms with Crippen LogP contribution in [0.15, 0.2) is 66.2 Å². The van der Waals surface area contributed by atoms with Crippen LogP contribution < -0.4 is 10.1 Å². The monoisotopic (exact) mass is 435 g/mol. The number of nitrogens with one attached hydrogen (secondary N) is 2. The molecule has 2 aromatic carbocycles. The molecule has 4 aromatic rings. The Hall–Kier alpha value is -3.65. The fourth-order valence-corrected chi connectivity index (χ4v) is 4.46. The molecule has 8 heteroatoms. The SMILES string of the molecule is CCOc1ccc(C(=O)NCC(c2cccs2)c2c[nH]c3ccccc23)cc1[N+](=O)[O-]. The van der Waals surface area contributed by atoms with E-state index in [2.05, 4.69) is 16.4 Å². The Kier molecular flexibility index (Phi) is 5.99. The molecule has 0 radical (unpaired) electrons. The Balaban J connectivity index is 1.59. The first-order valence-electron chi connectivity index (χ1n) is 9.87. The minimum absolute atomic E-state index is 0.0437. The topological polar surface area (TPSA) is 97.3 Å². The van der Waals surface area contributed by atoms with Gasteiger partial charge in [-0.15, -0.1) is 11.3 Å². The van der Waals surface area contributed by atoms with Crippen LogP contribution in [0.3, 0.4) is 0 Å². The van der Waals surface area contributed by atoms with Crippen LogP contribution in [0, 0.1) is 10.1 Å². The Morgan fingerprint density at radius 3 is 2.81 bits per heavy atom. The van der Waals surface area contributed by atoms with E-state index >= 15 is 0 Å². The Morgan fingerprint density at radius 2 is 2.06 bits per heavy atom. The van der Waals surface area contributed by atoms with Gasteiger partial charge in [0.25, 0.3) is 5.91 Å². The standard InChI is InChI=1S/C23H21N3O4S/c1-2-30-21-10-9-15(12-20(21)26(28)29)23(27)25-14-18(22-8-5-11-31-22)17-13-24-19-7-4-3-6-16(17)19/h3-13,18,24H,2,14H2,1H3,(H,25,27). The first-order chi connectivity index (χ1) is 15.1. The molecule has 0 aliphatic carbocycles. The number of fused-ring (bicyclic) bond motifs is 1. The number of carbonyl (C=O) groups excluding carboxylic acids is 1. The first-order valence-corrected chi connectivity index (χ1v) is 10.7. The molecule has 0 fully saturated rings. The summed E-state index contributed by atoms with van der Waals surface area (Å²) in [6.45, 7) is 2.42. The maximum atomic E-state index is 12.8. The van der Waals surface area contributed by atoms with Crippen LogP contribution in [-0.4, -0.2) is 29.0 Å². The highest BCUT2D eigenvalue weighted by molar-refractivity contribution is 7.10. The number of amides is 1. The summed E-state index contributed by atoms with van der Waals surface area (Å²) in [6.07, 6.45) is 1.98. The van der Waals surface area contributed by atoms with Crippen molar-refractivity contribution in [1.29, 1.82) is 0 Å². The predicted octanol–water partition coefficient (Wildman–Crippen LogP) is 5.10. The number of benzene rings is 2. The number of nitrogens with zero attached hydrogens (tertiary/aromatic N) is 1. The third kappa shape index (κ3) is 4.29. The lowest BCUT2D eigenvalue weighted by molar-refractivity contribution is -0.385. The van der Waals surface area contributed by atoms with Crippen molar-refractivity contribution in [2.24, 2.45) is 0 Å². The molecule has 7 nitrogen and oxygen atoms in total. The molecule has 31 heavy (non-hydrogen) atoms. The molecule has 0 bridgehead atoms. The second-order valence-corrected chi connectivity index (χ2v) is 7.92. The zero-order valence-corrected chi connectivity index (χ0v) is 17.6.